The average Bonchev–Trinajstić information content (AvgIpc) is 2.14. The van der Waals surface area contributed by atoms with Gasteiger partial charge in [0.05, 0.1) is 0 Å². The number of hydrogen-bond acceptors (Lipinski definition) is 5. The molecule has 0 spiro atoms. The molecule has 5 nitrogen and oxygen atoms in total. The van der Waals surface area contributed by atoms with Crippen LogP contribution in [0.3, 0.4) is 0 Å². The number of rotatable bonds is 8. The fourth-order valence-corrected chi connectivity index (χ4v) is 1.11. The first-order chi connectivity index (χ1) is 7.41. The van der Waals surface area contributed by atoms with Crippen molar-refractivity contribution in [1.82, 2.24) is 0 Å². The van der Waals surface area contributed by atoms with Crippen molar-refractivity contribution in [2.75, 3.05) is 6.61 Å². The first kappa shape index (κ1) is 27.8. The van der Waals surface area contributed by atoms with Crippen LogP contribution in [0.1, 0.15) is 44.9 Å². The summed E-state index contributed by atoms with van der Waals surface area (Å²) in [5, 5.41) is 8.49. The largest absolute Gasteiger partial charge is 1.00 e. The van der Waals surface area contributed by atoms with Crippen molar-refractivity contribution >= 4 is 10.4 Å². The van der Waals surface area contributed by atoms with Gasteiger partial charge in [-0.15, -0.1) is 6.58 Å². The fraction of sp³-hybridized carbons (Fsp3) is 0.800. The molecule has 0 amide bonds. The molecule has 18 heavy (non-hydrogen) atoms. The maximum Gasteiger partial charge on any atom is 1.00 e. The average molecular weight is 298 g/mol. The summed E-state index contributed by atoms with van der Waals surface area (Å²) in [7, 11) is -5.17. The molecule has 0 fully saturated rings. The van der Waals surface area contributed by atoms with Gasteiger partial charge in [-0.05, 0) is 19.3 Å². The smallest absolute Gasteiger partial charge is 0.759 e. The summed E-state index contributed by atoms with van der Waals surface area (Å²) >= 11 is 0. The maximum absolute atomic E-state index is 8.52. The Morgan fingerprint density at radius 2 is 1.28 bits per heavy atom. The second-order valence-electron chi connectivity index (χ2n) is 3.33. The molecular formula is C10H20Na2O5S. The van der Waals surface area contributed by atoms with Crippen LogP contribution in [0, 0.1) is 0 Å². The predicted molar refractivity (Wildman–Crippen MR) is 60.1 cm³/mol. The molecule has 0 atom stereocenters. The van der Waals surface area contributed by atoms with E-state index >= 15 is 0 Å². The summed E-state index contributed by atoms with van der Waals surface area (Å²) in [5.41, 5.74) is 0. The third kappa shape index (κ3) is 52.7. The molecule has 0 aromatic rings. The second kappa shape index (κ2) is 20.9. The Morgan fingerprint density at radius 1 is 0.944 bits per heavy atom. The zero-order chi connectivity index (χ0) is 12.9. The molecule has 0 aliphatic rings. The molecule has 0 bridgehead atoms. The Kier molecular flexibility index (Phi) is 32.3. The van der Waals surface area contributed by atoms with E-state index in [1.54, 1.807) is 0 Å². The number of aliphatic hydroxyl groups is 1. The van der Waals surface area contributed by atoms with E-state index in [1.165, 1.54) is 32.1 Å². The van der Waals surface area contributed by atoms with Gasteiger partial charge in [0.2, 0.25) is 0 Å². The van der Waals surface area contributed by atoms with Crippen LogP contribution in [0.5, 0.6) is 0 Å². The Balaban J connectivity index is -0.000000122. The predicted octanol–water partition coefficient (Wildman–Crippen LogP) is -4.43. The van der Waals surface area contributed by atoms with Crippen LogP contribution in [0.15, 0.2) is 12.7 Å². The monoisotopic (exact) mass is 298 g/mol. The first-order valence-electron chi connectivity index (χ1n) is 5.30. The molecule has 0 aromatic heterocycles. The number of allylic oxidation sites excluding steroid dienone is 1. The molecule has 0 aromatic carbocycles. The third-order valence-electron chi connectivity index (χ3n) is 1.82. The van der Waals surface area contributed by atoms with Gasteiger partial charge >= 0.3 is 59.1 Å². The summed E-state index contributed by atoms with van der Waals surface area (Å²) in [6.45, 7) is 4.03. The minimum Gasteiger partial charge on any atom is -0.759 e. The van der Waals surface area contributed by atoms with Gasteiger partial charge in [0.1, 0.15) is 0 Å². The maximum atomic E-state index is 8.52. The van der Waals surface area contributed by atoms with E-state index in [4.69, 9.17) is 22.6 Å². The normalized spacial score (nSPS) is 9.28. The molecule has 0 rings (SSSR count). The van der Waals surface area contributed by atoms with Crippen molar-refractivity contribution in [3.63, 3.8) is 0 Å². The summed E-state index contributed by atoms with van der Waals surface area (Å²) in [6.07, 6.45) is 10.5. The van der Waals surface area contributed by atoms with Crippen LogP contribution in [-0.2, 0) is 10.4 Å². The molecule has 0 radical (unpaired) electrons. The van der Waals surface area contributed by atoms with Gasteiger partial charge in [-0.25, -0.2) is 0 Å². The first-order valence-corrected chi connectivity index (χ1v) is 6.63. The van der Waals surface area contributed by atoms with Crippen LogP contribution in [-0.4, -0.2) is 29.2 Å². The van der Waals surface area contributed by atoms with Gasteiger partial charge in [0, 0.05) is 17.0 Å². The minimum absolute atomic E-state index is 0. The summed E-state index contributed by atoms with van der Waals surface area (Å²) in [6, 6.07) is 0. The molecule has 1 N–H and O–H groups in total. The van der Waals surface area contributed by atoms with Gasteiger partial charge < -0.3 is 14.2 Å². The topological polar surface area (TPSA) is 100 Å². The van der Waals surface area contributed by atoms with E-state index in [-0.39, 0.29) is 59.1 Å². The van der Waals surface area contributed by atoms with Crippen molar-refractivity contribution in [3.05, 3.63) is 12.7 Å². The molecule has 98 valence electrons. The molecule has 0 unspecified atom stereocenters. The Morgan fingerprint density at radius 3 is 1.61 bits per heavy atom. The molecule has 0 heterocycles. The minimum atomic E-state index is -5.17. The number of unbranched alkanes of at least 4 members (excludes halogenated alkanes) is 6. The molecule has 0 saturated heterocycles. The van der Waals surface area contributed by atoms with E-state index in [9.17, 15) is 0 Å². The van der Waals surface area contributed by atoms with E-state index in [1.807, 2.05) is 6.08 Å². The van der Waals surface area contributed by atoms with Crippen molar-refractivity contribution in [3.8, 4) is 0 Å². The SMILES string of the molecule is C=CCCCCCCCCO.O=S(=O)([O-])[O-].[Na+].[Na+]. The van der Waals surface area contributed by atoms with Crippen LogP contribution >= 0.6 is 0 Å². The standard InChI is InChI=1S/C10H20O.2Na.H2O4S/c1-2-3-4-5-6-7-8-9-10-11;;;1-5(2,3)4/h2,11H,1,3-10H2;;;(H2,1,2,3,4)/q;2*+1;/p-2. The van der Waals surface area contributed by atoms with Crippen LogP contribution in [0.4, 0.5) is 0 Å². The number of hydrogen-bond donors (Lipinski definition) is 1. The van der Waals surface area contributed by atoms with Crippen molar-refractivity contribution in [2.45, 2.75) is 44.9 Å². The summed E-state index contributed by atoms with van der Waals surface area (Å²) in [5.74, 6) is 0. The molecule has 0 saturated carbocycles. The fourth-order valence-electron chi connectivity index (χ4n) is 1.11. The van der Waals surface area contributed by atoms with Crippen molar-refractivity contribution in [2.24, 2.45) is 0 Å². The number of aliphatic hydroxyl groups excluding tert-OH is 1. The Hall–Kier alpha value is 1.57. The molecule has 0 aliphatic carbocycles. The van der Waals surface area contributed by atoms with Gasteiger partial charge in [-0.1, -0.05) is 31.8 Å². The van der Waals surface area contributed by atoms with Gasteiger partial charge in [0.15, 0.2) is 0 Å². The zero-order valence-electron chi connectivity index (χ0n) is 11.4. The Bertz CT molecular complexity index is 237. The quantitative estimate of drug-likeness (QED) is 0.160. The van der Waals surface area contributed by atoms with E-state index in [2.05, 4.69) is 6.58 Å². The molecule has 0 aliphatic heterocycles. The zero-order valence-corrected chi connectivity index (χ0v) is 16.2. The van der Waals surface area contributed by atoms with E-state index < -0.39 is 10.4 Å². The van der Waals surface area contributed by atoms with Crippen LogP contribution in [0.2, 0.25) is 0 Å². The molecular weight excluding hydrogens is 278 g/mol. The Labute approximate surface area is 155 Å². The summed E-state index contributed by atoms with van der Waals surface area (Å²) < 4.78 is 34.1. The third-order valence-corrected chi connectivity index (χ3v) is 1.82. The van der Waals surface area contributed by atoms with Crippen LogP contribution < -0.4 is 59.1 Å². The summed E-state index contributed by atoms with van der Waals surface area (Å²) in [4.78, 5) is 0. The van der Waals surface area contributed by atoms with E-state index in [0.29, 0.717) is 6.61 Å². The van der Waals surface area contributed by atoms with Gasteiger partial charge in [-0.3, -0.25) is 8.42 Å². The van der Waals surface area contributed by atoms with Gasteiger partial charge in [-0.2, -0.15) is 0 Å². The van der Waals surface area contributed by atoms with Crippen molar-refractivity contribution in [1.29, 1.82) is 0 Å². The second-order valence-corrected chi connectivity index (χ2v) is 4.15. The van der Waals surface area contributed by atoms with Crippen LogP contribution in [0.25, 0.3) is 0 Å². The molecule has 8 heteroatoms. The van der Waals surface area contributed by atoms with E-state index in [0.717, 1.165) is 12.8 Å². The van der Waals surface area contributed by atoms with Gasteiger partial charge in [0.25, 0.3) is 0 Å². The van der Waals surface area contributed by atoms with Crippen molar-refractivity contribution < 1.29 is 81.7 Å².